The van der Waals surface area contributed by atoms with Gasteiger partial charge in [-0.05, 0) is 18.8 Å². The van der Waals surface area contributed by atoms with E-state index in [-0.39, 0.29) is 12.1 Å². The van der Waals surface area contributed by atoms with Gasteiger partial charge >= 0.3 is 6.03 Å². The molecular weight excluding hydrogens is 232 g/mol. The van der Waals surface area contributed by atoms with E-state index >= 15 is 0 Å². The van der Waals surface area contributed by atoms with Crippen molar-refractivity contribution in [1.29, 1.82) is 0 Å². The molecule has 1 aromatic rings. The van der Waals surface area contributed by atoms with Crippen LogP contribution in [0.4, 0.5) is 10.6 Å². The van der Waals surface area contributed by atoms with Crippen LogP contribution >= 0.6 is 0 Å². The Bertz CT molecular complexity index is 441. The third-order valence-electron chi connectivity index (χ3n) is 3.65. The summed E-state index contributed by atoms with van der Waals surface area (Å²) in [6.45, 7) is 1.97. The van der Waals surface area contributed by atoms with Crippen LogP contribution in [0.5, 0.6) is 0 Å². The number of anilines is 1. The van der Waals surface area contributed by atoms with Crippen LogP contribution in [-0.4, -0.2) is 46.5 Å². The van der Waals surface area contributed by atoms with Crippen molar-refractivity contribution in [2.24, 2.45) is 13.0 Å². The second-order valence-corrected chi connectivity index (χ2v) is 4.94. The summed E-state index contributed by atoms with van der Waals surface area (Å²) in [7, 11) is 1.81. The highest BCUT2D eigenvalue weighted by Crippen LogP contribution is 2.36. The summed E-state index contributed by atoms with van der Waals surface area (Å²) in [6, 6.07) is 2.00. The molecule has 1 unspecified atom stereocenters. The number of ether oxygens (including phenoxy) is 1. The van der Waals surface area contributed by atoms with Crippen molar-refractivity contribution in [3.05, 3.63) is 12.3 Å². The molecule has 2 heterocycles. The second-order valence-electron chi connectivity index (χ2n) is 4.94. The predicted molar refractivity (Wildman–Crippen MR) is 66.3 cm³/mol. The van der Waals surface area contributed by atoms with Crippen LogP contribution in [0.1, 0.15) is 12.8 Å². The average molecular weight is 250 g/mol. The van der Waals surface area contributed by atoms with Crippen molar-refractivity contribution >= 4 is 11.8 Å². The van der Waals surface area contributed by atoms with Crippen molar-refractivity contribution < 1.29 is 9.53 Å². The monoisotopic (exact) mass is 250 g/mol. The summed E-state index contributed by atoms with van der Waals surface area (Å²) in [6.07, 6.45) is 4.10. The summed E-state index contributed by atoms with van der Waals surface area (Å²) in [4.78, 5) is 14.2. The standard InChI is InChI=1S/C12H18N4O2/c1-15-11(4-5-13-15)14-12(17)16-6-7-18-8-10(16)9-2-3-9/h4-5,9-10H,2-3,6-8H2,1H3,(H,14,17). The Morgan fingerprint density at radius 2 is 2.39 bits per heavy atom. The third kappa shape index (κ3) is 2.20. The zero-order valence-electron chi connectivity index (χ0n) is 10.5. The van der Waals surface area contributed by atoms with Crippen molar-refractivity contribution in [2.45, 2.75) is 18.9 Å². The van der Waals surface area contributed by atoms with E-state index in [1.807, 2.05) is 11.9 Å². The van der Waals surface area contributed by atoms with E-state index in [0.717, 1.165) is 5.82 Å². The smallest absolute Gasteiger partial charge is 0.323 e. The largest absolute Gasteiger partial charge is 0.377 e. The number of carbonyl (C=O) groups excluding carboxylic acids is 1. The molecule has 0 bridgehead atoms. The quantitative estimate of drug-likeness (QED) is 0.854. The number of aromatic nitrogens is 2. The molecule has 0 radical (unpaired) electrons. The van der Waals surface area contributed by atoms with E-state index in [1.165, 1.54) is 12.8 Å². The fraction of sp³-hybridized carbons (Fsp3) is 0.667. The van der Waals surface area contributed by atoms with Crippen LogP contribution in [0.15, 0.2) is 12.3 Å². The fourth-order valence-corrected chi connectivity index (χ4v) is 2.42. The SMILES string of the molecule is Cn1nccc1NC(=O)N1CCOCC1C1CC1. The van der Waals surface area contributed by atoms with E-state index in [4.69, 9.17) is 4.74 Å². The van der Waals surface area contributed by atoms with E-state index in [0.29, 0.717) is 25.7 Å². The molecule has 1 aliphatic heterocycles. The Morgan fingerprint density at radius 3 is 3.06 bits per heavy atom. The molecule has 6 nitrogen and oxygen atoms in total. The first-order chi connectivity index (χ1) is 8.75. The fourth-order valence-electron chi connectivity index (χ4n) is 2.42. The average Bonchev–Trinajstić information content (AvgIpc) is 3.15. The molecular formula is C12H18N4O2. The van der Waals surface area contributed by atoms with E-state index in [9.17, 15) is 4.79 Å². The number of hydrogen-bond donors (Lipinski definition) is 1. The molecule has 2 amide bonds. The van der Waals surface area contributed by atoms with Crippen molar-refractivity contribution in [3.63, 3.8) is 0 Å². The van der Waals surface area contributed by atoms with Crippen LogP contribution in [0.2, 0.25) is 0 Å². The number of urea groups is 1. The summed E-state index contributed by atoms with van der Waals surface area (Å²) >= 11 is 0. The summed E-state index contributed by atoms with van der Waals surface area (Å²) in [5.74, 6) is 1.35. The van der Waals surface area contributed by atoms with Gasteiger partial charge in [0.15, 0.2) is 0 Å². The molecule has 1 saturated carbocycles. The molecule has 1 atom stereocenters. The molecule has 98 valence electrons. The molecule has 1 N–H and O–H groups in total. The third-order valence-corrected chi connectivity index (χ3v) is 3.65. The Kier molecular flexibility index (Phi) is 2.95. The lowest BCUT2D eigenvalue weighted by molar-refractivity contribution is 0.00769. The zero-order valence-corrected chi connectivity index (χ0v) is 10.5. The van der Waals surface area contributed by atoms with Crippen molar-refractivity contribution in [1.82, 2.24) is 14.7 Å². The highest BCUT2D eigenvalue weighted by atomic mass is 16.5. The normalized spacial score (nSPS) is 24.1. The number of aryl methyl sites for hydroxylation is 1. The number of nitrogens with zero attached hydrogens (tertiary/aromatic N) is 3. The van der Waals surface area contributed by atoms with E-state index in [1.54, 1.807) is 16.9 Å². The minimum atomic E-state index is -0.0428. The van der Waals surface area contributed by atoms with Gasteiger partial charge in [-0.3, -0.25) is 10.00 Å². The van der Waals surface area contributed by atoms with Crippen molar-refractivity contribution in [3.8, 4) is 0 Å². The summed E-state index contributed by atoms with van der Waals surface area (Å²) in [5.41, 5.74) is 0. The van der Waals surface area contributed by atoms with Gasteiger partial charge in [-0.25, -0.2) is 4.79 Å². The predicted octanol–water partition coefficient (Wildman–Crippen LogP) is 1.06. The maximum absolute atomic E-state index is 12.3. The number of amides is 2. The van der Waals surface area contributed by atoms with Gasteiger partial charge in [0.2, 0.25) is 0 Å². The van der Waals surface area contributed by atoms with Crippen molar-refractivity contribution in [2.75, 3.05) is 25.1 Å². The molecule has 18 heavy (non-hydrogen) atoms. The second kappa shape index (κ2) is 4.61. The maximum Gasteiger partial charge on any atom is 0.323 e. The minimum Gasteiger partial charge on any atom is -0.377 e. The van der Waals surface area contributed by atoms with Gasteiger partial charge < -0.3 is 9.64 Å². The summed E-state index contributed by atoms with van der Waals surface area (Å²) in [5, 5.41) is 6.94. The van der Waals surface area contributed by atoms with Gasteiger partial charge in [0.05, 0.1) is 25.5 Å². The first kappa shape index (κ1) is 11.5. The molecule has 0 aromatic carbocycles. The van der Waals surface area contributed by atoms with Gasteiger partial charge in [0.25, 0.3) is 0 Å². The Hall–Kier alpha value is -1.56. The Morgan fingerprint density at radius 1 is 1.56 bits per heavy atom. The molecule has 1 aliphatic carbocycles. The van der Waals surface area contributed by atoms with Crippen LogP contribution in [-0.2, 0) is 11.8 Å². The molecule has 1 saturated heterocycles. The highest BCUT2D eigenvalue weighted by Gasteiger charge is 2.39. The molecule has 2 aliphatic rings. The Labute approximate surface area is 106 Å². The number of hydrogen-bond acceptors (Lipinski definition) is 3. The first-order valence-corrected chi connectivity index (χ1v) is 6.39. The number of morpholine rings is 1. The molecule has 6 heteroatoms. The van der Waals surface area contributed by atoms with E-state index in [2.05, 4.69) is 10.4 Å². The van der Waals surface area contributed by atoms with Crippen LogP contribution < -0.4 is 5.32 Å². The molecule has 0 spiro atoms. The van der Waals surface area contributed by atoms with Gasteiger partial charge in [0, 0.05) is 19.7 Å². The van der Waals surface area contributed by atoms with Crippen LogP contribution in [0.25, 0.3) is 0 Å². The van der Waals surface area contributed by atoms with Crippen LogP contribution in [0, 0.1) is 5.92 Å². The van der Waals surface area contributed by atoms with Gasteiger partial charge in [-0.2, -0.15) is 5.10 Å². The zero-order chi connectivity index (χ0) is 12.5. The van der Waals surface area contributed by atoms with Gasteiger partial charge in [0.1, 0.15) is 5.82 Å². The maximum atomic E-state index is 12.3. The summed E-state index contributed by atoms with van der Waals surface area (Å²) < 4.78 is 7.14. The lowest BCUT2D eigenvalue weighted by Gasteiger charge is -2.35. The molecule has 2 fully saturated rings. The minimum absolute atomic E-state index is 0.0428. The lowest BCUT2D eigenvalue weighted by atomic mass is 10.1. The number of rotatable bonds is 2. The lowest BCUT2D eigenvalue weighted by Crippen LogP contribution is -2.51. The van der Waals surface area contributed by atoms with Gasteiger partial charge in [-0.1, -0.05) is 0 Å². The van der Waals surface area contributed by atoms with Crippen LogP contribution in [0.3, 0.4) is 0 Å². The number of carbonyl (C=O) groups is 1. The Balaban J connectivity index is 1.68. The highest BCUT2D eigenvalue weighted by molar-refractivity contribution is 5.88. The molecule has 1 aromatic heterocycles. The number of nitrogens with one attached hydrogen (secondary N) is 1. The van der Waals surface area contributed by atoms with E-state index < -0.39 is 0 Å². The topological polar surface area (TPSA) is 59.4 Å². The molecule has 3 rings (SSSR count). The van der Waals surface area contributed by atoms with Gasteiger partial charge in [-0.15, -0.1) is 0 Å². The first-order valence-electron chi connectivity index (χ1n) is 6.39.